The van der Waals surface area contributed by atoms with E-state index in [9.17, 15) is 9.90 Å². The highest BCUT2D eigenvalue weighted by molar-refractivity contribution is 6.33. The summed E-state index contributed by atoms with van der Waals surface area (Å²) in [6, 6.07) is 10.9. The molecule has 2 aromatic carbocycles. The monoisotopic (exact) mass is 347 g/mol. The predicted octanol–water partition coefficient (Wildman–Crippen LogP) is 5.28. The molecule has 0 aromatic heterocycles. The summed E-state index contributed by atoms with van der Waals surface area (Å²) in [5.74, 6) is -0.886. The van der Waals surface area contributed by atoms with Crippen molar-refractivity contribution < 1.29 is 9.90 Å². The van der Waals surface area contributed by atoms with Gasteiger partial charge < -0.3 is 10.4 Å². The molecule has 0 radical (unpaired) electrons. The number of aromatic carboxylic acids is 1. The summed E-state index contributed by atoms with van der Waals surface area (Å²) in [5, 5.41) is 14.1. The Balaban J connectivity index is 1.76. The number of anilines is 1. The molecule has 1 fully saturated rings. The fraction of sp³-hybridized carbons (Fsp3) is 0.278. The van der Waals surface area contributed by atoms with Crippen molar-refractivity contribution in [2.75, 3.05) is 5.32 Å². The van der Waals surface area contributed by atoms with E-state index in [2.05, 4.69) is 5.32 Å². The Hall–Kier alpha value is -1.71. The molecule has 23 heavy (non-hydrogen) atoms. The van der Waals surface area contributed by atoms with Gasteiger partial charge in [-0.05, 0) is 72.2 Å². The van der Waals surface area contributed by atoms with Gasteiger partial charge in [-0.25, -0.2) is 4.79 Å². The first-order chi connectivity index (χ1) is 11.0. The van der Waals surface area contributed by atoms with Crippen molar-refractivity contribution >= 4 is 34.9 Å². The average Bonchev–Trinajstić information content (AvgIpc) is 3.29. The van der Waals surface area contributed by atoms with E-state index < -0.39 is 5.97 Å². The standard InChI is InChI=1S/C18H15Cl2NO2/c19-11-2-3-14(20)12(8-11)16-9-18(5-6-18)13-7-10(17(22)23)1-4-15(13)21-16/h1-4,7-8,16,21H,5-6,9H2,(H,22,23). The van der Waals surface area contributed by atoms with E-state index in [0.717, 1.165) is 36.1 Å². The molecule has 1 heterocycles. The van der Waals surface area contributed by atoms with Crippen LogP contribution in [0.3, 0.4) is 0 Å². The van der Waals surface area contributed by atoms with Gasteiger partial charge >= 0.3 is 5.97 Å². The van der Waals surface area contributed by atoms with Crippen LogP contribution < -0.4 is 5.32 Å². The third-order valence-corrected chi connectivity index (χ3v) is 5.53. The van der Waals surface area contributed by atoms with Crippen LogP contribution in [0.4, 0.5) is 5.69 Å². The summed E-state index contributed by atoms with van der Waals surface area (Å²) in [7, 11) is 0. The Morgan fingerprint density at radius 2 is 1.96 bits per heavy atom. The first kappa shape index (κ1) is 14.9. The zero-order valence-electron chi connectivity index (χ0n) is 12.3. The van der Waals surface area contributed by atoms with Crippen LogP contribution in [0.2, 0.25) is 10.0 Å². The zero-order chi connectivity index (χ0) is 16.2. The number of rotatable bonds is 2. The second kappa shape index (κ2) is 5.15. The van der Waals surface area contributed by atoms with Crippen LogP contribution >= 0.6 is 23.2 Å². The highest BCUT2D eigenvalue weighted by atomic mass is 35.5. The van der Waals surface area contributed by atoms with Crippen LogP contribution in [0.5, 0.6) is 0 Å². The summed E-state index contributed by atoms with van der Waals surface area (Å²) >= 11 is 12.5. The molecule has 1 aliphatic heterocycles. The van der Waals surface area contributed by atoms with Gasteiger partial charge in [-0.15, -0.1) is 0 Å². The summed E-state index contributed by atoms with van der Waals surface area (Å²) in [6.07, 6.45) is 3.07. The van der Waals surface area contributed by atoms with Gasteiger partial charge in [-0.3, -0.25) is 0 Å². The Labute approximate surface area is 144 Å². The molecule has 5 heteroatoms. The molecule has 1 unspecified atom stereocenters. The van der Waals surface area contributed by atoms with E-state index in [1.165, 1.54) is 0 Å². The normalized spacial score (nSPS) is 20.7. The fourth-order valence-electron chi connectivity index (χ4n) is 3.58. The molecule has 2 N–H and O–H groups in total. The quantitative estimate of drug-likeness (QED) is 0.776. The number of carboxylic acids is 1. The summed E-state index contributed by atoms with van der Waals surface area (Å²) < 4.78 is 0. The Morgan fingerprint density at radius 3 is 2.65 bits per heavy atom. The number of carbonyl (C=O) groups is 1. The van der Waals surface area contributed by atoms with Crippen LogP contribution in [0.15, 0.2) is 36.4 Å². The average molecular weight is 348 g/mol. The molecule has 0 amide bonds. The minimum atomic E-state index is -0.886. The topological polar surface area (TPSA) is 49.3 Å². The predicted molar refractivity (Wildman–Crippen MR) is 91.8 cm³/mol. The van der Waals surface area contributed by atoms with Crippen molar-refractivity contribution in [3.8, 4) is 0 Å². The lowest BCUT2D eigenvalue weighted by atomic mass is 9.81. The van der Waals surface area contributed by atoms with Gasteiger partial charge in [0.05, 0.1) is 11.6 Å². The lowest BCUT2D eigenvalue weighted by Gasteiger charge is -2.34. The Kier molecular flexibility index (Phi) is 3.33. The van der Waals surface area contributed by atoms with Gasteiger partial charge in [0.15, 0.2) is 0 Å². The molecule has 1 aliphatic carbocycles. The van der Waals surface area contributed by atoms with Crippen molar-refractivity contribution in [3.05, 3.63) is 63.1 Å². The molecule has 2 aromatic rings. The largest absolute Gasteiger partial charge is 0.478 e. The molecule has 4 rings (SSSR count). The fourth-order valence-corrected chi connectivity index (χ4v) is 4.00. The summed E-state index contributed by atoms with van der Waals surface area (Å²) in [6.45, 7) is 0. The minimum absolute atomic E-state index is 0.0718. The maximum Gasteiger partial charge on any atom is 0.335 e. The molecule has 1 spiro atoms. The van der Waals surface area contributed by atoms with Crippen LogP contribution in [-0.4, -0.2) is 11.1 Å². The molecular formula is C18H15Cl2NO2. The minimum Gasteiger partial charge on any atom is -0.478 e. The van der Waals surface area contributed by atoms with Gasteiger partial charge in [-0.2, -0.15) is 0 Å². The number of halogens is 2. The first-order valence-corrected chi connectivity index (χ1v) is 8.33. The number of fused-ring (bicyclic) bond motifs is 2. The molecule has 1 saturated carbocycles. The number of benzene rings is 2. The number of nitrogens with one attached hydrogen (secondary N) is 1. The van der Waals surface area contributed by atoms with Crippen molar-refractivity contribution in [1.29, 1.82) is 0 Å². The van der Waals surface area contributed by atoms with E-state index in [0.29, 0.717) is 15.6 Å². The van der Waals surface area contributed by atoms with Crippen LogP contribution in [0.1, 0.15) is 46.8 Å². The van der Waals surface area contributed by atoms with Crippen LogP contribution in [0.25, 0.3) is 0 Å². The first-order valence-electron chi connectivity index (χ1n) is 7.58. The lowest BCUT2D eigenvalue weighted by Crippen LogP contribution is -2.26. The Bertz CT molecular complexity index is 815. The molecule has 0 bridgehead atoms. The molecular weight excluding hydrogens is 333 g/mol. The van der Waals surface area contributed by atoms with Crippen molar-refractivity contribution in [2.24, 2.45) is 0 Å². The number of carboxylic acid groups (broad SMARTS) is 1. The van der Waals surface area contributed by atoms with Crippen molar-refractivity contribution in [1.82, 2.24) is 0 Å². The van der Waals surface area contributed by atoms with Crippen molar-refractivity contribution in [3.63, 3.8) is 0 Å². The SMILES string of the molecule is O=C(O)c1ccc2c(c1)C1(CC1)CC(c1cc(Cl)ccc1Cl)N2. The molecule has 0 saturated heterocycles. The van der Waals surface area contributed by atoms with Crippen LogP contribution in [-0.2, 0) is 5.41 Å². The highest BCUT2D eigenvalue weighted by Gasteiger charge is 2.50. The smallest absolute Gasteiger partial charge is 0.335 e. The van der Waals surface area contributed by atoms with Gasteiger partial charge in [0.1, 0.15) is 0 Å². The van der Waals surface area contributed by atoms with Crippen molar-refractivity contribution in [2.45, 2.75) is 30.7 Å². The van der Waals surface area contributed by atoms with Crippen LogP contribution in [0, 0.1) is 0 Å². The molecule has 118 valence electrons. The van der Waals surface area contributed by atoms with Gasteiger partial charge in [0, 0.05) is 15.7 Å². The molecule has 2 aliphatic rings. The maximum absolute atomic E-state index is 11.2. The second-order valence-corrected chi connectivity index (χ2v) is 7.26. The second-order valence-electron chi connectivity index (χ2n) is 6.41. The third-order valence-electron chi connectivity index (χ3n) is 4.95. The van der Waals surface area contributed by atoms with E-state index in [1.54, 1.807) is 12.1 Å². The molecule has 1 atom stereocenters. The summed E-state index contributed by atoms with van der Waals surface area (Å²) in [5.41, 5.74) is 3.53. The third kappa shape index (κ3) is 2.48. The number of hydrogen-bond acceptors (Lipinski definition) is 2. The van der Waals surface area contributed by atoms with E-state index in [1.807, 2.05) is 24.3 Å². The van der Waals surface area contributed by atoms with E-state index in [-0.39, 0.29) is 11.5 Å². The van der Waals surface area contributed by atoms with Gasteiger partial charge in [0.2, 0.25) is 0 Å². The van der Waals surface area contributed by atoms with Gasteiger partial charge in [-0.1, -0.05) is 23.2 Å². The Morgan fingerprint density at radius 1 is 1.17 bits per heavy atom. The van der Waals surface area contributed by atoms with Gasteiger partial charge in [0.25, 0.3) is 0 Å². The summed E-state index contributed by atoms with van der Waals surface area (Å²) in [4.78, 5) is 11.2. The lowest BCUT2D eigenvalue weighted by molar-refractivity contribution is 0.0696. The van der Waals surface area contributed by atoms with E-state index >= 15 is 0 Å². The maximum atomic E-state index is 11.2. The molecule has 3 nitrogen and oxygen atoms in total. The van der Waals surface area contributed by atoms with E-state index in [4.69, 9.17) is 23.2 Å². The zero-order valence-corrected chi connectivity index (χ0v) is 13.8. The highest BCUT2D eigenvalue weighted by Crippen LogP contribution is 2.59. The number of hydrogen-bond donors (Lipinski definition) is 2.